The van der Waals surface area contributed by atoms with Crippen molar-refractivity contribution in [2.75, 3.05) is 0 Å². The van der Waals surface area contributed by atoms with E-state index in [0.717, 1.165) is 20.8 Å². The lowest BCUT2D eigenvalue weighted by atomic mass is 9.85. The Balaban J connectivity index is 1.45. The Labute approximate surface area is 163 Å². The minimum atomic E-state index is -1.01. The number of amides is 2. The van der Waals surface area contributed by atoms with E-state index < -0.39 is 23.8 Å². The van der Waals surface area contributed by atoms with Crippen molar-refractivity contribution in [2.24, 2.45) is 11.8 Å². The second-order valence-electron chi connectivity index (χ2n) is 6.91. The van der Waals surface area contributed by atoms with Gasteiger partial charge in [0, 0.05) is 11.8 Å². The Morgan fingerprint density at radius 1 is 1.25 bits per heavy atom. The summed E-state index contributed by atoms with van der Waals surface area (Å²) in [4.78, 5) is 55.1. The summed E-state index contributed by atoms with van der Waals surface area (Å²) in [5.41, 5.74) is 0.266. The number of aromatic nitrogens is 3. The molecule has 0 saturated carbocycles. The van der Waals surface area contributed by atoms with Gasteiger partial charge in [0.25, 0.3) is 5.56 Å². The van der Waals surface area contributed by atoms with Crippen LogP contribution in [0.25, 0.3) is 4.96 Å². The third kappa shape index (κ3) is 3.03. The Kier molecular flexibility index (Phi) is 4.58. The van der Waals surface area contributed by atoms with Gasteiger partial charge in [0.15, 0.2) is 5.01 Å². The quantitative estimate of drug-likeness (QED) is 0.423. The van der Waals surface area contributed by atoms with Crippen molar-refractivity contribution in [1.82, 2.24) is 19.5 Å². The van der Waals surface area contributed by atoms with Crippen LogP contribution in [0.4, 0.5) is 0 Å². The number of likely N-dealkylation sites (tertiary alicyclic amines) is 1. The molecule has 2 amide bonds. The van der Waals surface area contributed by atoms with E-state index in [0.29, 0.717) is 28.5 Å². The van der Waals surface area contributed by atoms with Gasteiger partial charge in [-0.3, -0.25) is 19.3 Å². The van der Waals surface area contributed by atoms with Crippen molar-refractivity contribution in [3.8, 4) is 0 Å². The fourth-order valence-electron chi connectivity index (χ4n) is 3.58. The van der Waals surface area contributed by atoms with E-state index in [1.807, 2.05) is 12.2 Å². The van der Waals surface area contributed by atoms with Gasteiger partial charge in [0.1, 0.15) is 12.6 Å². The SMILES string of the molecule is Cc1cc(=O)n2nc(COC(=O)[C@H](C)N3C(=O)[C@H]4CC=CC[C@H]4C3=O)sc2n1. The van der Waals surface area contributed by atoms with Gasteiger partial charge in [-0.15, -0.1) is 0 Å². The highest BCUT2D eigenvalue weighted by Gasteiger charge is 2.50. The number of hydrogen-bond donors (Lipinski definition) is 0. The zero-order valence-electron chi connectivity index (χ0n) is 15.3. The topological polar surface area (TPSA) is 111 Å². The van der Waals surface area contributed by atoms with Gasteiger partial charge in [0.05, 0.1) is 11.8 Å². The summed E-state index contributed by atoms with van der Waals surface area (Å²) < 4.78 is 6.40. The molecule has 0 unspecified atom stereocenters. The first-order valence-electron chi connectivity index (χ1n) is 8.91. The average Bonchev–Trinajstić information content (AvgIpc) is 3.19. The van der Waals surface area contributed by atoms with Crippen LogP contribution in [-0.4, -0.2) is 43.3 Å². The largest absolute Gasteiger partial charge is 0.457 e. The van der Waals surface area contributed by atoms with Gasteiger partial charge in [-0.25, -0.2) is 9.78 Å². The predicted molar refractivity (Wildman–Crippen MR) is 98.3 cm³/mol. The molecule has 2 aromatic rings. The number of imide groups is 1. The van der Waals surface area contributed by atoms with Crippen LogP contribution in [0.2, 0.25) is 0 Å². The fourth-order valence-corrected chi connectivity index (χ4v) is 4.44. The molecule has 0 bridgehead atoms. The molecule has 2 aliphatic rings. The monoisotopic (exact) mass is 402 g/mol. The van der Waals surface area contributed by atoms with Gasteiger partial charge in [0.2, 0.25) is 16.8 Å². The van der Waals surface area contributed by atoms with E-state index in [9.17, 15) is 19.2 Å². The first kappa shape index (κ1) is 18.5. The fraction of sp³-hybridized carbons (Fsp3) is 0.444. The zero-order chi connectivity index (χ0) is 20.0. The molecule has 4 rings (SSSR count). The third-order valence-electron chi connectivity index (χ3n) is 5.02. The zero-order valence-corrected chi connectivity index (χ0v) is 16.1. The lowest BCUT2D eigenvalue weighted by molar-refractivity contribution is -0.159. The van der Waals surface area contributed by atoms with Crippen LogP contribution in [-0.2, 0) is 25.7 Å². The number of carbonyl (C=O) groups is 3. The smallest absolute Gasteiger partial charge is 0.329 e. The molecule has 0 aromatic carbocycles. The predicted octanol–water partition coefficient (Wildman–Crippen LogP) is 0.842. The molecule has 0 radical (unpaired) electrons. The van der Waals surface area contributed by atoms with Crippen LogP contribution >= 0.6 is 11.3 Å². The van der Waals surface area contributed by atoms with Crippen LogP contribution in [0.3, 0.4) is 0 Å². The molecule has 1 aliphatic carbocycles. The van der Waals surface area contributed by atoms with Crippen LogP contribution < -0.4 is 5.56 Å². The van der Waals surface area contributed by atoms with Crippen molar-refractivity contribution in [3.63, 3.8) is 0 Å². The molecule has 10 heteroatoms. The summed E-state index contributed by atoms with van der Waals surface area (Å²) in [6.45, 7) is 3.02. The minimum absolute atomic E-state index is 0.166. The molecule has 1 aliphatic heterocycles. The van der Waals surface area contributed by atoms with E-state index in [4.69, 9.17) is 4.74 Å². The molecule has 28 heavy (non-hydrogen) atoms. The first-order valence-corrected chi connectivity index (χ1v) is 9.73. The number of rotatable bonds is 4. The van der Waals surface area contributed by atoms with E-state index in [1.54, 1.807) is 6.92 Å². The van der Waals surface area contributed by atoms with Gasteiger partial charge in [-0.2, -0.15) is 9.61 Å². The third-order valence-corrected chi connectivity index (χ3v) is 5.90. The van der Waals surface area contributed by atoms with Crippen LogP contribution in [0.5, 0.6) is 0 Å². The van der Waals surface area contributed by atoms with E-state index in [2.05, 4.69) is 10.1 Å². The summed E-state index contributed by atoms with van der Waals surface area (Å²) in [5, 5.41) is 4.49. The maximum Gasteiger partial charge on any atom is 0.329 e. The summed E-state index contributed by atoms with van der Waals surface area (Å²) in [7, 11) is 0. The molecule has 3 heterocycles. The number of nitrogens with zero attached hydrogens (tertiary/aromatic N) is 4. The van der Waals surface area contributed by atoms with Crippen molar-refractivity contribution in [3.05, 3.63) is 39.3 Å². The van der Waals surface area contributed by atoms with E-state index >= 15 is 0 Å². The highest BCUT2D eigenvalue weighted by molar-refractivity contribution is 7.16. The van der Waals surface area contributed by atoms with Crippen LogP contribution in [0.15, 0.2) is 23.0 Å². The maximum atomic E-state index is 12.6. The second kappa shape index (κ2) is 6.93. The molecular formula is C18H18N4O5S. The molecular weight excluding hydrogens is 384 g/mol. The summed E-state index contributed by atoms with van der Waals surface area (Å²) in [5.74, 6) is -2.12. The summed E-state index contributed by atoms with van der Waals surface area (Å²) in [6, 6.07) is 0.354. The highest BCUT2D eigenvalue weighted by Crippen LogP contribution is 2.36. The number of ether oxygens (including phenoxy) is 1. The number of carbonyl (C=O) groups excluding carboxylic acids is 3. The number of hydrogen-bond acceptors (Lipinski definition) is 8. The lowest BCUT2D eigenvalue weighted by Gasteiger charge is -2.21. The molecule has 0 N–H and O–H groups in total. The highest BCUT2D eigenvalue weighted by atomic mass is 32.1. The van der Waals surface area contributed by atoms with Crippen LogP contribution in [0, 0.1) is 18.8 Å². The van der Waals surface area contributed by atoms with Crippen LogP contribution in [0.1, 0.15) is 30.5 Å². The van der Waals surface area contributed by atoms with Crippen molar-refractivity contribution in [1.29, 1.82) is 0 Å². The second-order valence-corrected chi connectivity index (χ2v) is 7.95. The maximum absolute atomic E-state index is 12.6. The Morgan fingerprint density at radius 2 is 1.89 bits per heavy atom. The van der Waals surface area contributed by atoms with Gasteiger partial charge in [-0.05, 0) is 26.7 Å². The molecule has 1 saturated heterocycles. The molecule has 1 fully saturated rings. The molecule has 2 aromatic heterocycles. The van der Waals surface area contributed by atoms with E-state index in [-0.39, 0.29) is 24.0 Å². The number of fused-ring (bicyclic) bond motifs is 2. The van der Waals surface area contributed by atoms with Crippen molar-refractivity contribution in [2.45, 2.75) is 39.3 Å². The van der Waals surface area contributed by atoms with E-state index in [1.165, 1.54) is 13.0 Å². The number of allylic oxidation sites excluding steroid dienone is 2. The van der Waals surface area contributed by atoms with Gasteiger partial charge >= 0.3 is 5.97 Å². The normalized spacial score (nSPS) is 22.6. The van der Waals surface area contributed by atoms with Crippen molar-refractivity contribution >= 4 is 34.1 Å². The molecule has 0 spiro atoms. The molecule has 3 atom stereocenters. The van der Waals surface area contributed by atoms with Gasteiger partial charge < -0.3 is 4.74 Å². The Morgan fingerprint density at radius 3 is 2.54 bits per heavy atom. The lowest BCUT2D eigenvalue weighted by Crippen LogP contribution is -2.44. The number of aryl methyl sites for hydroxylation is 1. The van der Waals surface area contributed by atoms with Crippen molar-refractivity contribution < 1.29 is 19.1 Å². The summed E-state index contributed by atoms with van der Waals surface area (Å²) in [6.07, 6.45) is 4.81. The first-order chi connectivity index (χ1) is 13.4. The average molecular weight is 402 g/mol. The molecule has 146 valence electrons. The summed E-state index contributed by atoms with van der Waals surface area (Å²) >= 11 is 1.14. The Bertz CT molecular complexity index is 1050. The standard InChI is InChI=1S/C18H18N4O5S/c1-9-7-14(23)22-18(19-9)28-13(20-22)8-27-17(26)10(2)21-15(24)11-5-3-4-6-12(11)16(21)25/h3-4,7,10-12H,5-6,8H2,1-2H3/t10-,11-,12+/m0/s1. The number of esters is 1. The Hall–Kier alpha value is -2.88. The minimum Gasteiger partial charge on any atom is -0.457 e. The van der Waals surface area contributed by atoms with Gasteiger partial charge in [-0.1, -0.05) is 23.5 Å². The molecule has 9 nitrogen and oxygen atoms in total.